The average Bonchev–Trinajstić information content (AvgIpc) is 2.57. The summed E-state index contributed by atoms with van der Waals surface area (Å²) in [6.07, 6.45) is -8.71. The van der Waals surface area contributed by atoms with E-state index in [1.54, 1.807) is 0 Å². The van der Waals surface area contributed by atoms with Crippen molar-refractivity contribution >= 4 is 27.3 Å². The zero-order chi connectivity index (χ0) is 22.0. The first-order valence-corrected chi connectivity index (χ1v) is 9.65. The van der Waals surface area contributed by atoms with Crippen LogP contribution in [0.4, 0.5) is 37.7 Å². The molecule has 0 aliphatic heterocycles. The Morgan fingerprint density at radius 2 is 1.45 bits per heavy atom. The van der Waals surface area contributed by atoms with Gasteiger partial charge in [0.1, 0.15) is 6.54 Å². The summed E-state index contributed by atoms with van der Waals surface area (Å²) < 4.78 is 101. The molecule has 0 fully saturated rings. The van der Waals surface area contributed by atoms with Gasteiger partial charge in [0.15, 0.2) is 0 Å². The van der Waals surface area contributed by atoms with Gasteiger partial charge in [-0.25, -0.2) is 8.42 Å². The van der Waals surface area contributed by atoms with Gasteiger partial charge in [-0.1, -0.05) is 12.1 Å². The number of hydrogen-bond acceptors (Lipinski definition) is 3. The summed E-state index contributed by atoms with van der Waals surface area (Å²) in [5.74, 6) is -1.04. The van der Waals surface area contributed by atoms with Gasteiger partial charge in [-0.2, -0.15) is 26.3 Å². The highest BCUT2D eigenvalue weighted by molar-refractivity contribution is 7.92. The van der Waals surface area contributed by atoms with Crippen molar-refractivity contribution in [2.45, 2.75) is 12.4 Å². The van der Waals surface area contributed by atoms with Crippen LogP contribution < -0.4 is 9.62 Å². The number of nitrogens with one attached hydrogen (secondary N) is 1. The van der Waals surface area contributed by atoms with E-state index in [1.807, 2.05) is 0 Å². The molecule has 0 atom stereocenters. The summed E-state index contributed by atoms with van der Waals surface area (Å²) in [4.78, 5) is 12.2. The summed E-state index contributed by atoms with van der Waals surface area (Å²) in [5, 5.41) is 2.10. The maximum atomic E-state index is 12.9. The lowest BCUT2D eigenvalue weighted by Crippen LogP contribution is -2.37. The fourth-order valence-electron chi connectivity index (χ4n) is 2.34. The van der Waals surface area contributed by atoms with Crippen LogP contribution in [0.3, 0.4) is 0 Å². The number of rotatable bonds is 5. The van der Waals surface area contributed by atoms with Crippen molar-refractivity contribution in [3.8, 4) is 0 Å². The highest BCUT2D eigenvalue weighted by Gasteiger charge is 2.32. The van der Waals surface area contributed by atoms with Crippen LogP contribution in [0, 0.1) is 0 Å². The number of hydrogen-bond donors (Lipinski definition) is 1. The third kappa shape index (κ3) is 6.11. The Morgan fingerprint density at radius 3 is 1.97 bits per heavy atom. The average molecular weight is 440 g/mol. The number of sulfonamides is 1. The van der Waals surface area contributed by atoms with E-state index in [4.69, 9.17) is 0 Å². The van der Waals surface area contributed by atoms with Crippen LogP contribution >= 0.6 is 0 Å². The third-order valence-corrected chi connectivity index (χ3v) is 4.76. The quantitative estimate of drug-likeness (QED) is 0.712. The van der Waals surface area contributed by atoms with E-state index in [2.05, 4.69) is 5.32 Å². The minimum atomic E-state index is -4.74. The first kappa shape index (κ1) is 22.5. The van der Waals surface area contributed by atoms with Crippen molar-refractivity contribution in [1.29, 1.82) is 0 Å². The van der Waals surface area contributed by atoms with Gasteiger partial charge in [0.05, 0.1) is 23.1 Å². The van der Waals surface area contributed by atoms with Crippen molar-refractivity contribution in [3.63, 3.8) is 0 Å². The van der Waals surface area contributed by atoms with Crippen molar-refractivity contribution in [2.24, 2.45) is 0 Å². The zero-order valence-electron chi connectivity index (χ0n) is 14.7. The Bertz CT molecular complexity index is 1000. The number of alkyl halides is 6. The smallest absolute Gasteiger partial charge is 0.325 e. The van der Waals surface area contributed by atoms with E-state index in [9.17, 15) is 39.6 Å². The van der Waals surface area contributed by atoms with E-state index in [1.165, 1.54) is 0 Å². The fraction of sp³-hybridized carbons (Fsp3) is 0.235. The Morgan fingerprint density at radius 1 is 0.931 bits per heavy atom. The van der Waals surface area contributed by atoms with Crippen LogP contribution in [0.25, 0.3) is 0 Å². The lowest BCUT2D eigenvalue weighted by Gasteiger charge is -2.23. The van der Waals surface area contributed by atoms with E-state index in [-0.39, 0.29) is 5.69 Å². The van der Waals surface area contributed by atoms with Gasteiger partial charge in [0.25, 0.3) is 0 Å². The molecule has 2 rings (SSSR count). The SMILES string of the molecule is CS(=O)(=O)N(CC(=O)Nc1cccc(C(F)(F)F)c1)c1cccc(C(F)(F)F)c1. The van der Waals surface area contributed by atoms with Gasteiger partial charge in [-0.15, -0.1) is 0 Å². The second-order valence-corrected chi connectivity index (χ2v) is 7.85. The van der Waals surface area contributed by atoms with Gasteiger partial charge in [0, 0.05) is 5.69 Å². The van der Waals surface area contributed by atoms with Gasteiger partial charge in [-0.05, 0) is 36.4 Å². The molecule has 0 aromatic heterocycles. The molecule has 0 bridgehead atoms. The molecule has 0 unspecified atom stereocenters. The highest BCUT2D eigenvalue weighted by Crippen LogP contribution is 2.33. The van der Waals surface area contributed by atoms with Crippen LogP contribution in [0.2, 0.25) is 0 Å². The predicted molar refractivity (Wildman–Crippen MR) is 93.7 cm³/mol. The second-order valence-electron chi connectivity index (χ2n) is 5.94. The largest absolute Gasteiger partial charge is 0.416 e. The first-order valence-electron chi connectivity index (χ1n) is 7.80. The minimum Gasteiger partial charge on any atom is -0.325 e. The Labute approximate surface area is 162 Å². The molecule has 2 aromatic carbocycles. The molecule has 12 heteroatoms. The van der Waals surface area contributed by atoms with E-state index in [0.717, 1.165) is 36.4 Å². The maximum Gasteiger partial charge on any atom is 0.416 e. The van der Waals surface area contributed by atoms with Crippen LogP contribution in [0.15, 0.2) is 48.5 Å². The topological polar surface area (TPSA) is 66.5 Å². The summed E-state index contributed by atoms with van der Waals surface area (Å²) >= 11 is 0. The highest BCUT2D eigenvalue weighted by atomic mass is 32.2. The zero-order valence-corrected chi connectivity index (χ0v) is 15.5. The van der Waals surface area contributed by atoms with Gasteiger partial charge in [-0.3, -0.25) is 9.10 Å². The number of nitrogens with zero attached hydrogens (tertiary/aromatic N) is 1. The number of halogens is 6. The Kier molecular flexibility index (Phi) is 6.16. The molecule has 0 saturated heterocycles. The molecule has 0 heterocycles. The lowest BCUT2D eigenvalue weighted by atomic mass is 10.2. The van der Waals surface area contributed by atoms with Gasteiger partial charge < -0.3 is 5.32 Å². The summed E-state index contributed by atoms with van der Waals surface area (Å²) in [6, 6.07) is 6.94. The predicted octanol–water partition coefficient (Wildman–Crippen LogP) is 4.13. The molecule has 0 spiro atoms. The number of carbonyl (C=O) groups excluding carboxylic acids is 1. The summed E-state index contributed by atoms with van der Waals surface area (Å²) in [6.45, 7) is -0.934. The molecule has 5 nitrogen and oxygen atoms in total. The number of carbonyl (C=O) groups is 1. The molecule has 158 valence electrons. The number of amides is 1. The van der Waals surface area contributed by atoms with Gasteiger partial charge >= 0.3 is 12.4 Å². The third-order valence-electron chi connectivity index (χ3n) is 3.62. The molecule has 0 saturated carbocycles. The fourth-order valence-corrected chi connectivity index (χ4v) is 3.19. The van der Waals surface area contributed by atoms with Crippen molar-refractivity contribution in [3.05, 3.63) is 59.7 Å². The van der Waals surface area contributed by atoms with E-state index < -0.39 is 51.6 Å². The van der Waals surface area contributed by atoms with E-state index >= 15 is 0 Å². The molecule has 2 aromatic rings. The minimum absolute atomic E-state index is 0.248. The molecular formula is C17H14F6N2O3S. The van der Waals surface area contributed by atoms with Gasteiger partial charge in [0.2, 0.25) is 15.9 Å². The van der Waals surface area contributed by atoms with Crippen LogP contribution in [-0.4, -0.2) is 27.1 Å². The van der Waals surface area contributed by atoms with Crippen LogP contribution in [-0.2, 0) is 27.2 Å². The molecule has 1 N–H and O–H groups in total. The lowest BCUT2D eigenvalue weighted by molar-refractivity contribution is -0.138. The summed E-state index contributed by atoms with van der Waals surface area (Å²) in [5.41, 5.74) is -2.82. The second kappa shape index (κ2) is 7.93. The number of anilines is 2. The normalized spacial score (nSPS) is 12.5. The van der Waals surface area contributed by atoms with Crippen LogP contribution in [0.1, 0.15) is 11.1 Å². The summed E-state index contributed by atoms with van der Waals surface area (Å²) in [7, 11) is -4.17. The molecule has 0 radical (unpaired) electrons. The molecule has 1 amide bonds. The standard InChI is InChI=1S/C17H14F6N2O3S/c1-29(27,28)25(14-7-3-5-12(9-14)17(21,22)23)10-15(26)24-13-6-2-4-11(8-13)16(18,19)20/h2-9H,10H2,1H3,(H,24,26). The Hall–Kier alpha value is -2.76. The van der Waals surface area contributed by atoms with Crippen molar-refractivity contribution in [2.75, 3.05) is 22.4 Å². The molecule has 0 aliphatic carbocycles. The molecular weight excluding hydrogens is 426 g/mol. The van der Waals surface area contributed by atoms with E-state index in [0.29, 0.717) is 22.7 Å². The molecule has 29 heavy (non-hydrogen) atoms. The van der Waals surface area contributed by atoms with Crippen molar-refractivity contribution in [1.82, 2.24) is 0 Å². The first-order chi connectivity index (χ1) is 13.2. The molecule has 0 aliphatic rings. The van der Waals surface area contributed by atoms with Crippen molar-refractivity contribution < 1.29 is 39.6 Å². The number of benzene rings is 2. The maximum absolute atomic E-state index is 12.9. The Balaban J connectivity index is 2.27. The monoisotopic (exact) mass is 440 g/mol. The van der Waals surface area contributed by atoms with Crippen LogP contribution in [0.5, 0.6) is 0 Å².